The van der Waals surface area contributed by atoms with Gasteiger partial charge in [0, 0.05) is 34.3 Å². The molecule has 1 amide bonds. The largest absolute Gasteiger partial charge is 0.478 e. The van der Waals surface area contributed by atoms with Crippen LogP contribution in [0.15, 0.2) is 36.5 Å². The quantitative estimate of drug-likeness (QED) is 0.428. The van der Waals surface area contributed by atoms with Gasteiger partial charge in [0.05, 0.1) is 16.9 Å². The summed E-state index contributed by atoms with van der Waals surface area (Å²) < 4.78 is 51.3. The first-order valence-corrected chi connectivity index (χ1v) is 10.0. The normalized spacial score (nSPS) is 12.6. The number of benzene rings is 2. The Morgan fingerprint density at radius 3 is 2.35 bits per heavy atom. The lowest BCUT2D eigenvalue weighted by atomic mass is 9.95. The Hall–Kier alpha value is -3.31. The Balaban J connectivity index is 2.13. The molecule has 31 heavy (non-hydrogen) atoms. The van der Waals surface area contributed by atoms with E-state index >= 15 is 0 Å². The molecule has 8 nitrogen and oxygen atoms in total. The SMILES string of the molecule is CC(C)(C)C(=O)Nc1ccc2[nH]cc(N(c3cc(F)c(C(=O)O)cc3F)S(=O)O)c2c1. The molecule has 1 aromatic heterocycles. The number of carboxylic acid groups (broad SMARTS) is 1. The van der Waals surface area contributed by atoms with Crippen LogP contribution in [0.2, 0.25) is 0 Å². The fourth-order valence-corrected chi connectivity index (χ4v) is 3.45. The third-order valence-electron chi connectivity index (χ3n) is 4.46. The molecule has 1 unspecified atom stereocenters. The first-order valence-electron chi connectivity index (χ1n) is 8.96. The third kappa shape index (κ3) is 4.42. The molecule has 0 spiro atoms. The van der Waals surface area contributed by atoms with Crippen LogP contribution in [0.3, 0.4) is 0 Å². The summed E-state index contributed by atoms with van der Waals surface area (Å²) in [7, 11) is 0. The summed E-state index contributed by atoms with van der Waals surface area (Å²) in [5.74, 6) is -4.40. The molecule has 0 saturated heterocycles. The molecule has 0 aliphatic carbocycles. The Kier molecular flexibility index (Phi) is 5.83. The van der Waals surface area contributed by atoms with E-state index in [-0.39, 0.29) is 11.6 Å². The van der Waals surface area contributed by atoms with Gasteiger partial charge in [-0.05, 0) is 24.3 Å². The van der Waals surface area contributed by atoms with Gasteiger partial charge >= 0.3 is 5.97 Å². The maximum atomic E-state index is 14.6. The molecule has 1 heterocycles. The van der Waals surface area contributed by atoms with E-state index in [9.17, 15) is 27.1 Å². The van der Waals surface area contributed by atoms with E-state index in [1.54, 1.807) is 32.9 Å². The minimum absolute atomic E-state index is 0.0177. The second-order valence-corrected chi connectivity index (χ2v) is 8.58. The van der Waals surface area contributed by atoms with Gasteiger partial charge in [0.2, 0.25) is 5.91 Å². The van der Waals surface area contributed by atoms with Crippen molar-refractivity contribution in [3.63, 3.8) is 0 Å². The number of anilines is 3. The third-order valence-corrected chi connectivity index (χ3v) is 5.17. The molecular weight excluding hydrogens is 432 g/mol. The average molecular weight is 451 g/mol. The molecule has 11 heteroatoms. The number of fused-ring (bicyclic) bond motifs is 1. The summed E-state index contributed by atoms with van der Waals surface area (Å²) in [6.45, 7) is 5.20. The lowest BCUT2D eigenvalue weighted by Crippen LogP contribution is -2.27. The standard InChI is InChI=1S/C20H19F2N3O5S/c1-20(2,3)19(28)24-10-4-5-15-12(6-10)17(9-23-15)25(31(29)30)16-8-13(21)11(18(26)27)7-14(16)22/h4-9,23H,1-3H3,(H,24,28)(H,26,27)(H,29,30). The van der Waals surface area contributed by atoms with Gasteiger partial charge in [-0.1, -0.05) is 20.8 Å². The fraction of sp³-hybridized carbons (Fsp3) is 0.200. The van der Waals surface area contributed by atoms with Gasteiger partial charge in [0.25, 0.3) is 11.3 Å². The van der Waals surface area contributed by atoms with Crippen LogP contribution in [0.25, 0.3) is 10.9 Å². The molecule has 0 fully saturated rings. The molecule has 4 N–H and O–H groups in total. The van der Waals surface area contributed by atoms with E-state index < -0.39 is 45.5 Å². The Bertz CT molecular complexity index is 1220. The molecule has 2 aromatic carbocycles. The molecule has 164 valence electrons. The Morgan fingerprint density at radius 1 is 1.10 bits per heavy atom. The lowest BCUT2D eigenvalue weighted by molar-refractivity contribution is -0.123. The van der Waals surface area contributed by atoms with Crippen LogP contribution in [0.1, 0.15) is 31.1 Å². The minimum Gasteiger partial charge on any atom is -0.478 e. The summed E-state index contributed by atoms with van der Waals surface area (Å²) >= 11 is -2.84. The number of carbonyl (C=O) groups is 2. The second-order valence-electron chi connectivity index (χ2n) is 7.75. The summed E-state index contributed by atoms with van der Waals surface area (Å²) in [5.41, 5.74) is -1.29. The van der Waals surface area contributed by atoms with Crippen LogP contribution in [0, 0.1) is 17.0 Å². The van der Waals surface area contributed by atoms with E-state index in [0.29, 0.717) is 33.0 Å². The van der Waals surface area contributed by atoms with Crippen LogP contribution in [-0.2, 0) is 16.1 Å². The zero-order valence-corrected chi connectivity index (χ0v) is 17.5. The zero-order valence-electron chi connectivity index (χ0n) is 16.7. The first kappa shape index (κ1) is 22.4. The number of carbonyl (C=O) groups excluding carboxylic acids is 1. The van der Waals surface area contributed by atoms with E-state index in [2.05, 4.69) is 10.3 Å². The molecule has 0 bridgehead atoms. The van der Waals surface area contributed by atoms with Crippen LogP contribution in [-0.4, -0.2) is 30.7 Å². The highest BCUT2D eigenvalue weighted by Crippen LogP contribution is 2.37. The van der Waals surface area contributed by atoms with Crippen LogP contribution < -0.4 is 9.62 Å². The maximum absolute atomic E-state index is 14.6. The predicted octanol–water partition coefficient (Wildman–Crippen LogP) is 4.40. The van der Waals surface area contributed by atoms with Crippen molar-refractivity contribution in [1.82, 2.24) is 4.98 Å². The molecule has 0 aliphatic heterocycles. The molecular formula is C20H19F2N3O5S. The number of carboxylic acids is 1. The van der Waals surface area contributed by atoms with Gasteiger partial charge in [-0.25, -0.2) is 22.1 Å². The van der Waals surface area contributed by atoms with Crippen molar-refractivity contribution in [2.75, 3.05) is 9.62 Å². The topological polar surface area (TPSA) is 123 Å². The smallest absolute Gasteiger partial charge is 0.338 e. The van der Waals surface area contributed by atoms with Gasteiger partial charge in [-0.2, -0.15) is 0 Å². The van der Waals surface area contributed by atoms with E-state index in [0.717, 1.165) is 0 Å². The summed E-state index contributed by atoms with van der Waals surface area (Å²) in [6.07, 6.45) is 1.32. The van der Waals surface area contributed by atoms with Crippen molar-refractivity contribution in [2.24, 2.45) is 5.41 Å². The Morgan fingerprint density at radius 2 is 1.77 bits per heavy atom. The van der Waals surface area contributed by atoms with Crippen molar-refractivity contribution in [1.29, 1.82) is 0 Å². The number of aromatic carboxylic acids is 1. The van der Waals surface area contributed by atoms with Crippen molar-refractivity contribution in [3.05, 3.63) is 53.7 Å². The molecule has 3 aromatic rings. The number of aromatic amines is 1. The minimum atomic E-state index is -2.84. The second kappa shape index (κ2) is 8.08. The highest BCUT2D eigenvalue weighted by molar-refractivity contribution is 7.81. The van der Waals surface area contributed by atoms with E-state index in [1.807, 2.05) is 0 Å². The molecule has 0 saturated carbocycles. The summed E-state index contributed by atoms with van der Waals surface area (Å²) in [6, 6.07) is 5.73. The van der Waals surface area contributed by atoms with E-state index in [1.165, 1.54) is 12.3 Å². The maximum Gasteiger partial charge on any atom is 0.338 e. The van der Waals surface area contributed by atoms with Crippen LogP contribution in [0.5, 0.6) is 0 Å². The number of hydrogen-bond acceptors (Lipinski definition) is 3. The monoisotopic (exact) mass is 451 g/mol. The predicted molar refractivity (Wildman–Crippen MR) is 113 cm³/mol. The fourth-order valence-electron chi connectivity index (χ4n) is 2.82. The summed E-state index contributed by atoms with van der Waals surface area (Å²) in [5, 5.41) is 12.0. The number of rotatable bonds is 5. The summed E-state index contributed by atoms with van der Waals surface area (Å²) in [4.78, 5) is 26.1. The number of halogens is 2. The number of hydrogen-bond donors (Lipinski definition) is 4. The number of H-pyrrole nitrogens is 1. The van der Waals surface area contributed by atoms with Crippen molar-refractivity contribution < 1.29 is 32.2 Å². The first-order chi connectivity index (χ1) is 14.4. The highest BCUT2D eigenvalue weighted by atomic mass is 32.2. The van der Waals surface area contributed by atoms with E-state index in [4.69, 9.17) is 5.11 Å². The van der Waals surface area contributed by atoms with Gasteiger partial charge in [-0.3, -0.25) is 9.35 Å². The van der Waals surface area contributed by atoms with Gasteiger partial charge in [0.1, 0.15) is 11.6 Å². The van der Waals surface area contributed by atoms with Gasteiger partial charge in [0.15, 0.2) is 0 Å². The molecule has 1 atom stereocenters. The number of aromatic nitrogens is 1. The van der Waals surface area contributed by atoms with Gasteiger partial charge in [-0.15, -0.1) is 0 Å². The van der Waals surface area contributed by atoms with Crippen LogP contribution in [0.4, 0.5) is 25.8 Å². The highest BCUT2D eigenvalue weighted by Gasteiger charge is 2.26. The van der Waals surface area contributed by atoms with Crippen molar-refractivity contribution in [3.8, 4) is 0 Å². The van der Waals surface area contributed by atoms with Gasteiger partial charge < -0.3 is 15.4 Å². The zero-order chi connectivity index (χ0) is 23.1. The molecule has 0 aliphatic rings. The number of nitrogens with one attached hydrogen (secondary N) is 2. The number of amides is 1. The number of nitrogens with zero attached hydrogens (tertiary/aromatic N) is 1. The van der Waals surface area contributed by atoms with Crippen molar-refractivity contribution >= 4 is 51.1 Å². The Labute approximate surface area is 178 Å². The average Bonchev–Trinajstić information content (AvgIpc) is 3.06. The molecule has 3 rings (SSSR count). The lowest BCUT2D eigenvalue weighted by Gasteiger charge is -2.21. The molecule has 0 radical (unpaired) electrons. The van der Waals surface area contributed by atoms with Crippen LogP contribution >= 0.6 is 0 Å². The van der Waals surface area contributed by atoms with Crippen molar-refractivity contribution in [2.45, 2.75) is 20.8 Å².